The summed E-state index contributed by atoms with van der Waals surface area (Å²) in [5.74, 6) is 0. The Hall–Kier alpha value is -4.35. The summed E-state index contributed by atoms with van der Waals surface area (Å²) in [6.07, 6.45) is 12.8. The van der Waals surface area contributed by atoms with E-state index in [0.717, 1.165) is 32.1 Å². The molecule has 6 aromatic carbocycles. The van der Waals surface area contributed by atoms with Gasteiger partial charge in [0, 0.05) is 37.1 Å². The Balaban J connectivity index is 1.35. The summed E-state index contributed by atoms with van der Waals surface area (Å²) in [7, 11) is 0. The molecule has 1 fully saturated rings. The van der Waals surface area contributed by atoms with Gasteiger partial charge in [0.25, 0.3) is 0 Å². The maximum Gasteiger partial charge on any atom is 0.0520 e. The lowest BCUT2D eigenvalue weighted by Crippen LogP contribution is -2.47. The highest BCUT2D eigenvalue weighted by molar-refractivity contribution is 14.1. The van der Waals surface area contributed by atoms with Gasteiger partial charge in [0.2, 0.25) is 0 Å². The number of rotatable bonds is 14. The van der Waals surface area contributed by atoms with Crippen molar-refractivity contribution in [2.75, 3.05) is 9.80 Å². The van der Waals surface area contributed by atoms with Crippen molar-refractivity contribution in [3.8, 4) is 11.1 Å². The van der Waals surface area contributed by atoms with Gasteiger partial charge in [-0.15, -0.1) is 0 Å². The van der Waals surface area contributed by atoms with Gasteiger partial charge in [0.05, 0.1) is 11.4 Å². The Morgan fingerprint density at radius 2 is 0.934 bits per heavy atom. The number of fused-ring (bicyclic) bond motifs is 6. The molecule has 316 valence electrons. The lowest BCUT2D eigenvalue weighted by molar-refractivity contribution is 0.222. The largest absolute Gasteiger partial charge is 0.310 e. The zero-order valence-corrected chi connectivity index (χ0v) is 40.6. The summed E-state index contributed by atoms with van der Waals surface area (Å²) < 4.78 is 1.28. The quantitative estimate of drug-likeness (QED) is 0.100. The van der Waals surface area contributed by atoms with Crippen LogP contribution >= 0.6 is 22.6 Å². The van der Waals surface area contributed by atoms with Gasteiger partial charge in [0.1, 0.15) is 0 Å². The lowest BCUT2D eigenvalue weighted by atomic mass is 9.51. The standard InChI is InChI=1S/C58H67IN2/c1-10-15-17-45-33-39(6)55(40(7)34-45)60(47-22-18-43(12-3)19-23-47)50-27-29-52-51-28-26-49(37-53(51)57(14-5)31-16-32-58(57,30-11-2)54(52)38-50)61(48-24-20-44(13-4)21-25-48)56-41(8)35-46(59)36-42(56)9/h18-29,33-38H,10-17,30-32H2,1-9H3/t57-,58+/m0/s1. The van der Waals surface area contributed by atoms with E-state index < -0.39 is 0 Å². The first-order valence-corrected chi connectivity index (χ1v) is 24.5. The van der Waals surface area contributed by atoms with Crippen LogP contribution in [0, 0.1) is 31.3 Å². The number of anilines is 6. The van der Waals surface area contributed by atoms with E-state index in [-0.39, 0.29) is 10.8 Å². The minimum Gasteiger partial charge on any atom is -0.310 e. The third kappa shape index (κ3) is 7.55. The SMILES string of the molecule is CCCCc1cc(C)c(N(c2ccc(CC)cc2)c2ccc3c(c2)[C@@]2(CCC)CCC[C@@]2(CC)c2cc(N(c4ccc(CC)cc4)c4c(C)cc(I)cc4C)ccc2-3)c(C)c1. The smallest absolute Gasteiger partial charge is 0.0520 e. The second-order valence-electron chi connectivity index (χ2n) is 18.4. The first kappa shape index (κ1) is 43.3. The maximum atomic E-state index is 2.65. The van der Waals surface area contributed by atoms with Crippen molar-refractivity contribution in [3.63, 3.8) is 0 Å². The average Bonchev–Trinajstić information content (AvgIpc) is 3.66. The van der Waals surface area contributed by atoms with Gasteiger partial charge in [-0.2, -0.15) is 0 Å². The third-order valence-electron chi connectivity index (χ3n) is 14.7. The van der Waals surface area contributed by atoms with Crippen LogP contribution in [0.25, 0.3) is 11.1 Å². The molecule has 0 spiro atoms. The van der Waals surface area contributed by atoms with E-state index in [1.807, 2.05) is 0 Å². The van der Waals surface area contributed by atoms with Crippen LogP contribution in [-0.4, -0.2) is 0 Å². The summed E-state index contributed by atoms with van der Waals surface area (Å²) in [5, 5.41) is 0. The second-order valence-corrected chi connectivity index (χ2v) is 19.6. The Labute approximate surface area is 382 Å². The van der Waals surface area contributed by atoms with Crippen molar-refractivity contribution in [3.05, 3.63) is 163 Å². The van der Waals surface area contributed by atoms with E-state index in [4.69, 9.17) is 0 Å². The van der Waals surface area contributed by atoms with Crippen LogP contribution < -0.4 is 9.80 Å². The molecule has 0 amide bonds. The molecule has 61 heavy (non-hydrogen) atoms. The van der Waals surface area contributed by atoms with E-state index in [9.17, 15) is 0 Å². The van der Waals surface area contributed by atoms with Gasteiger partial charge < -0.3 is 9.80 Å². The monoisotopic (exact) mass is 918 g/mol. The van der Waals surface area contributed by atoms with Gasteiger partial charge in [0.15, 0.2) is 0 Å². The topological polar surface area (TPSA) is 6.48 Å². The molecule has 0 saturated heterocycles. The number of halogens is 1. The third-order valence-corrected chi connectivity index (χ3v) is 15.3. The molecule has 0 aromatic heterocycles. The molecule has 0 unspecified atom stereocenters. The number of hydrogen-bond donors (Lipinski definition) is 0. The minimum absolute atomic E-state index is 0.0359. The molecule has 2 atom stereocenters. The van der Waals surface area contributed by atoms with E-state index in [2.05, 4.69) is 204 Å². The zero-order chi connectivity index (χ0) is 43.1. The van der Waals surface area contributed by atoms with Crippen LogP contribution in [0.15, 0.2) is 109 Å². The molecule has 6 aromatic rings. The summed E-state index contributed by atoms with van der Waals surface area (Å²) in [6.45, 7) is 20.9. The molecule has 0 N–H and O–H groups in total. The molecule has 2 aliphatic rings. The molecular formula is C58H67IN2. The first-order valence-electron chi connectivity index (χ1n) is 23.5. The fourth-order valence-electron chi connectivity index (χ4n) is 11.9. The molecule has 2 nitrogen and oxygen atoms in total. The predicted octanol–water partition coefficient (Wildman–Crippen LogP) is 17.5. The van der Waals surface area contributed by atoms with Crippen molar-refractivity contribution in [2.45, 2.75) is 144 Å². The highest BCUT2D eigenvalue weighted by Crippen LogP contribution is 2.66. The number of unbranched alkanes of at least 4 members (excludes halogenated alkanes) is 1. The normalized spacial score (nSPS) is 17.8. The highest BCUT2D eigenvalue weighted by Gasteiger charge is 2.58. The molecule has 2 aliphatic carbocycles. The van der Waals surface area contributed by atoms with Crippen molar-refractivity contribution in [1.29, 1.82) is 0 Å². The van der Waals surface area contributed by atoms with Gasteiger partial charge in [-0.3, -0.25) is 0 Å². The van der Waals surface area contributed by atoms with Crippen molar-refractivity contribution in [2.24, 2.45) is 0 Å². The van der Waals surface area contributed by atoms with Crippen molar-refractivity contribution >= 4 is 56.7 Å². The zero-order valence-electron chi connectivity index (χ0n) is 38.4. The van der Waals surface area contributed by atoms with Gasteiger partial charge in [-0.1, -0.05) is 102 Å². The Morgan fingerprint density at radius 3 is 1.38 bits per heavy atom. The fourth-order valence-corrected chi connectivity index (χ4v) is 12.9. The van der Waals surface area contributed by atoms with Gasteiger partial charge in [-0.25, -0.2) is 0 Å². The highest BCUT2D eigenvalue weighted by atomic mass is 127. The minimum atomic E-state index is 0.0359. The van der Waals surface area contributed by atoms with Gasteiger partial charge in [-0.05, 0) is 224 Å². The second kappa shape index (κ2) is 17.8. The Bertz CT molecular complexity index is 2480. The molecule has 0 radical (unpaired) electrons. The Morgan fingerprint density at radius 1 is 0.492 bits per heavy atom. The number of nitrogens with zero attached hydrogens (tertiary/aromatic N) is 2. The van der Waals surface area contributed by atoms with Crippen LogP contribution in [0.5, 0.6) is 0 Å². The molecule has 0 bridgehead atoms. The Kier molecular flexibility index (Phi) is 12.6. The van der Waals surface area contributed by atoms with Crippen molar-refractivity contribution < 1.29 is 0 Å². The van der Waals surface area contributed by atoms with Crippen LogP contribution in [-0.2, 0) is 30.1 Å². The number of hydrogen-bond acceptors (Lipinski definition) is 2. The van der Waals surface area contributed by atoms with E-state index in [1.54, 1.807) is 11.1 Å². The fraction of sp³-hybridized carbons (Fsp3) is 0.379. The number of aryl methyl sites for hydroxylation is 7. The molecular weight excluding hydrogens is 852 g/mol. The molecule has 3 heteroatoms. The van der Waals surface area contributed by atoms with E-state index in [1.165, 1.54) is 126 Å². The van der Waals surface area contributed by atoms with Crippen molar-refractivity contribution in [1.82, 2.24) is 0 Å². The van der Waals surface area contributed by atoms with Gasteiger partial charge >= 0.3 is 0 Å². The van der Waals surface area contributed by atoms with Crippen LogP contribution in [0.1, 0.15) is 136 Å². The summed E-state index contributed by atoms with van der Waals surface area (Å²) in [4.78, 5) is 5.14. The van der Waals surface area contributed by atoms with E-state index in [0.29, 0.717) is 0 Å². The summed E-state index contributed by atoms with van der Waals surface area (Å²) in [5.41, 5.74) is 23.1. The average molecular weight is 919 g/mol. The van der Waals surface area contributed by atoms with Crippen LogP contribution in [0.2, 0.25) is 0 Å². The molecule has 0 heterocycles. The lowest BCUT2D eigenvalue weighted by Gasteiger charge is -2.52. The molecule has 0 aliphatic heterocycles. The summed E-state index contributed by atoms with van der Waals surface area (Å²) >= 11 is 2.47. The first-order chi connectivity index (χ1) is 29.5. The van der Waals surface area contributed by atoms with E-state index >= 15 is 0 Å². The maximum absolute atomic E-state index is 2.65. The van der Waals surface area contributed by atoms with Crippen LogP contribution in [0.3, 0.4) is 0 Å². The molecule has 8 rings (SSSR count). The number of benzene rings is 6. The van der Waals surface area contributed by atoms with Crippen LogP contribution in [0.4, 0.5) is 34.1 Å². The predicted molar refractivity (Wildman–Crippen MR) is 273 cm³/mol. The molecule has 1 saturated carbocycles. The summed E-state index contributed by atoms with van der Waals surface area (Å²) in [6, 6.07) is 43.4.